The lowest BCUT2D eigenvalue weighted by Gasteiger charge is -2.37. The number of carbonyl (C=O) groups excluding carboxylic acids is 3. The predicted octanol–water partition coefficient (Wildman–Crippen LogP) is 1.32. The molecule has 2 fully saturated rings. The Kier molecular flexibility index (Phi) is 6.57. The SMILES string of the molecule is COC(=O)c1c(NC(=O)CN2CCC3(CC2)OCCO3)sc(C(=O)N(C)C)c1C. The van der Waals surface area contributed by atoms with Crippen molar-refractivity contribution in [3.63, 3.8) is 0 Å². The van der Waals surface area contributed by atoms with Gasteiger partial charge in [0.25, 0.3) is 5.91 Å². The zero-order valence-electron chi connectivity index (χ0n) is 17.2. The minimum Gasteiger partial charge on any atom is -0.465 e. The van der Waals surface area contributed by atoms with E-state index in [1.165, 1.54) is 12.0 Å². The second-order valence-electron chi connectivity index (χ2n) is 7.38. The number of nitrogens with zero attached hydrogens (tertiary/aromatic N) is 2. The van der Waals surface area contributed by atoms with Crippen molar-refractivity contribution in [1.82, 2.24) is 9.80 Å². The first-order chi connectivity index (χ1) is 13.8. The highest BCUT2D eigenvalue weighted by molar-refractivity contribution is 7.18. The summed E-state index contributed by atoms with van der Waals surface area (Å²) in [4.78, 5) is 41.1. The van der Waals surface area contributed by atoms with Crippen LogP contribution < -0.4 is 5.32 Å². The first-order valence-corrected chi connectivity index (χ1v) is 10.3. The molecule has 1 aromatic rings. The molecule has 2 aliphatic rings. The summed E-state index contributed by atoms with van der Waals surface area (Å²) < 4.78 is 16.3. The van der Waals surface area contributed by atoms with Crippen LogP contribution in [-0.2, 0) is 19.0 Å². The van der Waals surface area contributed by atoms with Gasteiger partial charge < -0.3 is 24.4 Å². The van der Waals surface area contributed by atoms with Gasteiger partial charge in [-0.2, -0.15) is 0 Å². The summed E-state index contributed by atoms with van der Waals surface area (Å²) in [6.45, 7) is 4.46. The average Bonchev–Trinajstić information content (AvgIpc) is 3.27. The molecular formula is C19H27N3O6S. The van der Waals surface area contributed by atoms with Crippen molar-refractivity contribution in [2.45, 2.75) is 25.6 Å². The molecule has 0 radical (unpaired) electrons. The van der Waals surface area contributed by atoms with Gasteiger partial charge in [-0.15, -0.1) is 11.3 Å². The molecule has 2 amide bonds. The van der Waals surface area contributed by atoms with Crippen molar-refractivity contribution < 1.29 is 28.6 Å². The maximum atomic E-state index is 12.6. The van der Waals surface area contributed by atoms with E-state index >= 15 is 0 Å². The van der Waals surface area contributed by atoms with E-state index in [4.69, 9.17) is 14.2 Å². The Morgan fingerprint density at radius 1 is 1.21 bits per heavy atom. The molecule has 9 nitrogen and oxygen atoms in total. The lowest BCUT2D eigenvalue weighted by molar-refractivity contribution is -0.185. The number of methoxy groups -OCH3 is 1. The second kappa shape index (κ2) is 8.78. The summed E-state index contributed by atoms with van der Waals surface area (Å²) in [5.74, 6) is -1.54. The molecule has 2 saturated heterocycles. The van der Waals surface area contributed by atoms with Crippen molar-refractivity contribution in [2.24, 2.45) is 0 Å². The number of piperidine rings is 1. The van der Waals surface area contributed by atoms with Gasteiger partial charge in [0.1, 0.15) is 5.00 Å². The number of likely N-dealkylation sites (tertiary alicyclic amines) is 1. The van der Waals surface area contributed by atoms with Gasteiger partial charge in [0.05, 0.1) is 37.3 Å². The highest BCUT2D eigenvalue weighted by Gasteiger charge is 2.40. The first kappa shape index (κ1) is 21.7. The Balaban J connectivity index is 1.68. The van der Waals surface area contributed by atoms with Crippen LogP contribution in [0.5, 0.6) is 0 Å². The molecule has 0 aliphatic carbocycles. The summed E-state index contributed by atoms with van der Waals surface area (Å²) in [6.07, 6.45) is 1.43. The van der Waals surface area contributed by atoms with E-state index in [2.05, 4.69) is 5.32 Å². The molecule has 1 N–H and O–H groups in total. The molecule has 0 bridgehead atoms. The molecule has 1 spiro atoms. The van der Waals surface area contributed by atoms with Crippen LogP contribution >= 0.6 is 11.3 Å². The molecule has 0 atom stereocenters. The van der Waals surface area contributed by atoms with Crippen molar-refractivity contribution in [1.29, 1.82) is 0 Å². The van der Waals surface area contributed by atoms with Crippen molar-refractivity contribution in [2.75, 3.05) is 59.4 Å². The third kappa shape index (κ3) is 4.61. The second-order valence-corrected chi connectivity index (χ2v) is 8.40. The molecule has 0 saturated carbocycles. The molecule has 3 rings (SSSR count). The van der Waals surface area contributed by atoms with E-state index in [0.717, 1.165) is 11.3 Å². The number of thiophene rings is 1. The number of esters is 1. The van der Waals surface area contributed by atoms with Crippen molar-refractivity contribution in [3.05, 3.63) is 16.0 Å². The number of rotatable bonds is 5. The summed E-state index contributed by atoms with van der Waals surface area (Å²) in [7, 11) is 4.55. The molecule has 10 heteroatoms. The monoisotopic (exact) mass is 425 g/mol. The maximum absolute atomic E-state index is 12.6. The van der Waals surface area contributed by atoms with E-state index in [0.29, 0.717) is 54.6 Å². The minimum absolute atomic E-state index is 0.185. The number of nitrogens with one attached hydrogen (secondary N) is 1. The zero-order valence-corrected chi connectivity index (χ0v) is 18.0. The summed E-state index contributed by atoms with van der Waals surface area (Å²) in [5.41, 5.74) is 0.729. The van der Waals surface area contributed by atoms with Gasteiger partial charge in [0.15, 0.2) is 5.79 Å². The molecule has 3 heterocycles. The van der Waals surface area contributed by atoms with Crippen LogP contribution in [0.3, 0.4) is 0 Å². The van der Waals surface area contributed by atoms with E-state index < -0.39 is 11.8 Å². The highest BCUT2D eigenvalue weighted by atomic mass is 32.1. The van der Waals surface area contributed by atoms with Crippen molar-refractivity contribution in [3.8, 4) is 0 Å². The largest absolute Gasteiger partial charge is 0.465 e. The fourth-order valence-corrected chi connectivity index (χ4v) is 4.80. The van der Waals surface area contributed by atoms with Gasteiger partial charge in [0, 0.05) is 40.0 Å². The van der Waals surface area contributed by atoms with Crippen LogP contribution in [0.2, 0.25) is 0 Å². The topological polar surface area (TPSA) is 97.4 Å². The third-order valence-electron chi connectivity index (χ3n) is 5.19. The number of hydrogen-bond acceptors (Lipinski definition) is 8. The molecule has 0 unspecified atom stereocenters. The van der Waals surface area contributed by atoms with E-state index in [1.807, 2.05) is 4.90 Å². The Labute approximate surface area is 173 Å². The normalized spacial score (nSPS) is 18.6. The van der Waals surface area contributed by atoms with E-state index in [1.54, 1.807) is 21.0 Å². The van der Waals surface area contributed by atoms with Gasteiger partial charge >= 0.3 is 5.97 Å². The van der Waals surface area contributed by atoms with Crippen LogP contribution in [0.15, 0.2) is 0 Å². The fraction of sp³-hybridized carbons (Fsp3) is 0.632. The number of carbonyl (C=O) groups is 3. The zero-order chi connectivity index (χ0) is 21.2. The number of hydrogen-bond donors (Lipinski definition) is 1. The van der Waals surface area contributed by atoms with Gasteiger partial charge in [-0.25, -0.2) is 4.79 Å². The van der Waals surface area contributed by atoms with Gasteiger partial charge in [-0.1, -0.05) is 0 Å². The van der Waals surface area contributed by atoms with Gasteiger partial charge in [-0.05, 0) is 12.5 Å². The maximum Gasteiger partial charge on any atom is 0.341 e. The Hall–Kier alpha value is -2.01. The van der Waals surface area contributed by atoms with Crippen LogP contribution in [0.1, 0.15) is 38.4 Å². The average molecular weight is 426 g/mol. The van der Waals surface area contributed by atoms with Crippen LogP contribution in [-0.4, -0.2) is 87.4 Å². The predicted molar refractivity (Wildman–Crippen MR) is 107 cm³/mol. The standard InChI is InChI=1S/C19H27N3O6S/c1-12-14(18(25)26-4)16(29-15(12)17(24)21(2)3)20-13(23)11-22-7-5-19(6-8-22)27-9-10-28-19/h5-11H2,1-4H3,(H,20,23). The minimum atomic E-state index is -0.581. The number of anilines is 1. The van der Waals surface area contributed by atoms with Crippen LogP contribution in [0, 0.1) is 6.92 Å². The summed E-state index contributed by atoms with van der Waals surface area (Å²) in [6, 6.07) is 0. The number of amides is 2. The molecule has 2 aliphatic heterocycles. The van der Waals surface area contributed by atoms with E-state index in [9.17, 15) is 14.4 Å². The Morgan fingerprint density at radius 3 is 2.38 bits per heavy atom. The quantitative estimate of drug-likeness (QED) is 0.711. The third-order valence-corrected chi connectivity index (χ3v) is 6.38. The highest BCUT2D eigenvalue weighted by Crippen LogP contribution is 2.35. The fourth-order valence-electron chi connectivity index (χ4n) is 3.56. The Bertz CT molecular complexity index is 790. The van der Waals surface area contributed by atoms with E-state index in [-0.39, 0.29) is 23.9 Å². The molecule has 1 aromatic heterocycles. The van der Waals surface area contributed by atoms with Crippen LogP contribution in [0.25, 0.3) is 0 Å². The summed E-state index contributed by atoms with van der Waals surface area (Å²) >= 11 is 1.09. The molecular weight excluding hydrogens is 398 g/mol. The smallest absolute Gasteiger partial charge is 0.341 e. The lowest BCUT2D eigenvalue weighted by atomic mass is 10.0. The van der Waals surface area contributed by atoms with Gasteiger partial charge in [-0.3, -0.25) is 14.5 Å². The molecule has 0 aromatic carbocycles. The Morgan fingerprint density at radius 2 is 1.83 bits per heavy atom. The van der Waals surface area contributed by atoms with Gasteiger partial charge in [0.2, 0.25) is 5.91 Å². The van der Waals surface area contributed by atoms with Crippen molar-refractivity contribution >= 4 is 34.1 Å². The van der Waals surface area contributed by atoms with Crippen LogP contribution in [0.4, 0.5) is 5.00 Å². The lowest BCUT2D eigenvalue weighted by Crippen LogP contribution is -2.47. The molecule has 160 valence electrons. The summed E-state index contributed by atoms with van der Waals surface area (Å²) in [5, 5.41) is 3.13. The number of ether oxygens (including phenoxy) is 3. The molecule has 29 heavy (non-hydrogen) atoms. The first-order valence-electron chi connectivity index (χ1n) is 9.50.